The van der Waals surface area contributed by atoms with Crippen LogP contribution in [0.15, 0.2) is 51.8 Å². The summed E-state index contributed by atoms with van der Waals surface area (Å²) in [7, 11) is -3.78. The first-order chi connectivity index (χ1) is 16.5. The van der Waals surface area contributed by atoms with Crippen LogP contribution in [-0.2, 0) is 20.2 Å². The molecule has 6 rings (SSSR count). The zero-order chi connectivity index (χ0) is 24.6. The number of hydrogen-bond acceptors (Lipinski definition) is 4. The van der Waals surface area contributed by atoms with Gasteiger partial charge in [-0.15, -0.1) is 0 Å². The molecule has 2 spiro atoms. The highest BCUT2D eigenvalue weighted by atomic mass is 79.9. The number of carbonyl (C=O) groups excluding carboxylic acids is 1. The van der Waals surface area contributed by atoms with Gasteiger partial charge < -0.3 is 9.64 Å². The molecule has 1 amide bonds. The molecule has 186 valence electrons. The Morgan fingerprint density at radius 3 is 2.40 bits per heavy atom. The van der Waals surface area contributed by atoms with Crippen LogP contribution in [0.25, 0.3) is 0 Å². The van der Waals surface area contributed by atoms with Crippen molar-refractivity contribution in [1.29, 1.82) is 0 Å². The number of sulfonamides is 1. The van der Waals surface area contributed by atoms with E-state index in [1.807, 2.05) is 30.9 Å². The average molecular weight is 560 g/mol. The monoisotopic (exact) mass is 558 g/mol. The van der Waals surface area contributed by atoms with Gasteiger partial charge >= 0.3 is 0 Å². The predicted molar refractivity (Wildman–Crippen MR) is 138 cm³/mol. The van der Waals surface area contributed by atoms with Gasteiger partial charge in [0.05, 0.1) is 23.1 Å². The van der Waals surface area contributed by atoms with Gasteiger partial charge in [-0.1, -0.05) is 22.0 Å². The minimum absolute atomic E-state index is 0.0241. The van der Waals surface area contributed by atoms with Gasteiger partial charge in [0.2, 0.25) is 10.0 Å². The molecule has 35 heavy (non-hydrogen) atoms. The van der Waals surface area contributed by atoms with E-state index in [0.717, 1.165) is 23.0 Å². The minimum Gasteiger partial charge on any atom is -0.372 e. The first kappa shape index (κ1) is 23.6. The Balaban J connectivity index is 1.29. The molecule has 3 fully saturated rings. The number of nitrogens with zero attached hydrogens (tertiary/aromatic N) is 1. The summed E-state index contributed by atoms with van der Waals surface area (Å²) in [5.74, 6) is -0.151. The zero-order valence-electron chi connectivity index (χ0n) is 20.1. The van der Waals surface area contributed by atoms with Crippen molar-refractivity contribution in [1.82, 2.24) is 4.72 Å². The van der Waals surface area contributed by atoms with Crippen molar-refractivity contribution < 1.29 is 17.9 Å². The molecular weight excluding hydrogens is 528 g/mol. The van der Waals surface area contributed by atoms with E-state index in [4.69, 9.17) is 4.74 Å². The third-order valence-electron chi connectivity index (χ3n) is 8.90. The zero-order valence-corrected chi connectivity index (χ0v) is 22.5. The molecule has 1 saturated heterocycles. The second-order valence-corrected chi connectivity index (χ2v) is 14.1. The van der Waals surface area contributed by atoms with Crippen LogP contribution in [0.4, 0.5) is 5.69 Å². The molecule has 2 saturated carbocycles. The summed E-state index contributed by atoms with van der Waals surface area (Å²) in [5, 5.41) is 0. The number of ether oxygens (including phenoxy) is 1. The van der Waals surface area contributed by atoms with E-state index in [1.165, 1.54) is 37.3 Å². The van der Waals surface area contributed by atoms with Crippen molar-refractivity contribution in [3.05, 3.63) is 58.1 Å². The van der Waals surface area contributed by atoms with Crippen LogP contribution in [0, 0.1) is 5.41 Å². The van der Waals surface area contributed by atoms with Crippen LogP contribution in [0.1, 0.15) is 68.3 Å². The van der Waals surface area contributed by atoms with E-state index in [9.17, 15) is 13.2 Å². The van der Waals surface area contributed by atoms with Crippen molar-refractivity contribution in [2.24, 2.45) is 5.41 Å². The molecule has 0 aromatic heterocycles. The SMILES string of the molecule is CC1(C)OCC1NS(=O)(=O)c1cccc(C(=O)N2CC3(CCC4(CC4)CC3)c3cc(Br)ccc32)c1. The molecule has 1 N–H and O–H groups in total. The maximum atomic E-state index is 13.8. The number of anilines is 1. The van der Waals surface area contributed by atoms with Crippen molar-refractivity contribution in [2.45, 2.75) is 74.3 Å². The second kappa shape index (κ2) is 7.88. The number of amides is 1. The Bertz CT molecular complexity index is 1310. The van der Waals surface area contributed by atoms with Crippen molar-refractivity contribution in [3.63, 3.8) is 0 Å². The highest BCUT2D eigenvalue weighted by Gasteiger charge is 2.53. The quantitative estimate of drug-likeness (QED) is 0.562. The van der Waals surface area contributed by atoms with Gasteiger partial charge in [-0.25, -0.2) is 13.1 Å². The normalized spacial score (nSPS) is 25.3. The lowest BCUT2D eigenvalue weighted by atomic mass is 9.66. The summed E-state index contributed by atoms with van der Waals surface area (Å²) in [6.45, 7) is 4.71. The van der Waals surface area contributed by atoms with Crippen molar-refractivity contribution in [2.75, 3.05) is 18.1 Å². The topological polar surface area (TPSA) is 75.7 Å². The van der Waals surface area contributed by atoms with Crippen LogP contribution < -0.4 is 9.62 Å². The highest BCUT2D eigenvalue weighted by molar-refractivity contribution is 9.10. The van der Waals surface area contributed by atoms with Crippen molar-refractivity contribution >= 4 is 37.5 Å². The molecule has 0 bridgehead atoms. The average Bonchev–Trinajstić information content (AvgIpc) is 3.54. The van der Waals surface area contributed by atoms with Gasteiger partial charge in [-0.2, -0.15) is 0 Å². The van der Waals surface area contributed by atoms with Crippen LogP contribution >= 0.6 is 15.9 Å². The number of nitrogens with one attached hydrogen (secondary N) is 1. The van der Waals surface area contributed by atoms with Gasteiger partial charge in [0, 0.05) is 27.7 Å². The van der Waals surface area contributed by atoms with E-state index in [-0.39, 0.29) is 22.3 Å². The molecule has 2 aliphatic carbocycles. The fourth-order valence-electron chi connectivity index (χ4n) is 6.07. The smallest absolute Gasteiger partial charge is 0.258 e. The molecule has 2 aromatic carbocycles. The van der Waals surface area contributed by atoms with Crippen LogP contribution in [0.3, 0.4) is 0 Å². The van der Waals surface area contributed by atoms with Gasteiger partial charge in [0.1, 0.15) is 0 Å². The lowest BCUT2D eigenvalue weighted by Crippen LogP contribution is -2.62. The van der Waals surface area contributed by atoms with Gasteiger partial charge in [-0.3, -0.25) is 4.79 Å². The fraction of sp³-hybridized carbons (Fsp3) is 0.519. The second-order valence-electron chi connectivity index (χ2n) is 11.4. The van der Waals surface area contributed by atoms with Crippen LogP contribution in [0.5, 0.6) is 0 Å². The lowest BCUT2D eigenvalue weighted by molar-refractivity contribution is -0.146. The van der Waals surface area contributed by atoms with E-state index in [2.05, 4.69) is 26.7 Å². The Morgan fingerprint density at radius 1 is 1.06 bits per heavy atom. The lowest BCUT2D eigenvalue weighted by Gasteiger charge is -2.44. The minimum atomic E-state index is -3.78. The summed E-state index contributed by atoms with van der Waals surface area (Å²) in [4.78, 5) is 15.8. The maximum Gasteiger partial charge on any atom is 0.258 e. The van der Waals surface area contributed by atoms with Crippen LogP contribution in [0.2, 0.25) is 0 Å². The number of carbonyl (C=O) groups is 1. The summed E-state index contributed by atoms with van der Waals surface area (Å²) in [5.41, 5.74) is 2.57. The molecule has 2 aromatic rings. The molecule has 1 atom stereocenters. The third-order valence-corrected chi connectivity index (χ3v) is 10.9. The third kappa shape index (κ3) is 3.97. The Kier molecular flexibility index (Phi) is 5.32. The molecule has 4 aliphatic rings. The highest BCUT2D eigenvalue weighted by Crippen LogP contribution is 2.62. The molecular formula is C27H31BrN2O4S. The maximum absolute atomic E-state index is 13.8. The van der Waals surface area contributed by atoms with Crippen molar-refractivity contribution in [3.8, 4) is 0 Å². The van der Waals surface area contributed by atoms with E-state index >= 15 is 0 Å². The predicted octanol–water partition coefficient (Wildman–Crippen LogP) is 5.16. The van der Waals surface area contributed by atoms with E-state index in [0.29, 0.717) is 24.1 Å². The molecule has 0 radical (unpaired) electrons. The summed E-state index contributed by atoms with van der Waals surface area (Å²) < 4.78 is 35.4. The number of halogens is 1. The molecule has 8 heteroatoms. The summed E-state index contributed by atoms with van der Waals surface area (Å²) >= 11 is 3.64. The molecule has 2 aliphatic heterocycles. The fourth-order valence-corrected chi connectivity index (χ4v) is 7.83. The molecule has 2 heterocycles. The standard InChI is InChI=1S/C27H31BrN2O4S/c1-25(2)23(16-34-25)29-35(32,33)20-5-3-4-18(14-20)24(31)30-17-27(12-10-26(8-9-26)11-13-27)21-15-19(28)6-7-22(21)30/h3-7,14-15,23,29H,8-13,16-17H2,1-2H3. The summed E-state index contributed by atoms with van der Waals surface area (Å²) in [6.07, 6.45) is 7.33. The van der Waals surface area contributed by atoms with Gasteiger partial charge in [0.25, 0.3) is 5.91 Å². The number of hydrogen-bond donors (Lipinski definition) is 1. The molecule has 1 unspecified atom stereocenters. The van der Waals surface area contributed by atoms with Gasteiger partial charge in [-0.05, 0) is 99.7 Å². The van der Waals surface area contributed by atoms with Gasteiger partial charge in [0.15, 0.2) is 0 Å². The number of rotatable bonds is 4. The van der Waals surface area contributed by atoms with E-state index < -0.39 is 15.6 Å². The Hall–Kier alpha value is -1.74. The van der Waals surface area contributed by atoms with Crippen LogP contribution in [-0.4, -0.2) is 39.1 Å². The first-order valence-electron chi connectivity index (χ1n) is 12.4. The Labute approximate surface area is 215 Å². The number of benzene rings is 2. The largest absolute Gasteiger partial charge is 0.372 e. The van der Waals surface area contributed by atoms with E-state index in [1.54, 1.807) is 18.2 Å². The summed E-state index contributed by atoms with van der Waals surface area (Å²) in [6, 6.07) is 12.3. The first-order valence-corrected chi connectivity index (χ1v) is 14.7. The molecule has 6 nitrogen and oxygen atoms in total. The number of fused-ring (bicyclic) bond motifs is 2. The Morgan fingerprint density at radius 2 is 1.77 bits per heavy atom.